The fourth-order valence-corrected chi connectivity index (χ4v) is 3.90. The van der Waals surface area contributed by atoms with Gasteiger partial charge in [-0.2, -0.15) is 17.4 Å². The Kier molecular flexibility index (Phi) is 5.61. The lowest BCUT2D eigenvalue weighted by atomic mass is 10.0. The molecule has 0 spiro atoms. The predicted octanol–water partition coefficient (Wildman–Crippen LogP) is 2.02. The number of nitrogens with zero attached hydrogens (tertiary/aromatic N) is 1. The van der Waals surface area contributed by atoms with Crippen LogP contribution in [0.15, 0.2) is 30.3 Å². The first-order chi connectivity index (χ1) is 9.97. The molecule has 5 nitrogen and oxygen atoms in total. The van der Waals surface area contributed by atoms with Crippen LogP contribution in [0.4, 0.5) is 0 Å². The summed E-state index contributed by atoms with van der Waals surface area (Å²) < 4.78 is 34.3. The number of ether oxygens (including phenoxy) is 1. The molecule has 21 heavy (non-hydrogen) atoms. The molecule has 1 heterocycles. The van der Waals surface area contributed by atoms with Crippen molar-refractivity contribution in [2.24, 2.45) is 5.92 Å². The number of piperidine rings is 1. The Balaban J connectivity index is 1.83. The maximum absolute atomic E-state index is 12.2. The van der Waals surface area contributed by atoms with Crippen molar-refractivity contribution in [3.63, 3.8) is 0 Å². The summed E-state index contributed by atoms with van der Waals surface area (Å²) in [6.45, 7) is 5.41. The number of para-hydroxylation sites is 1. The van der Waals surface area contributed by atoms with Crippen LogP contribution in [0.2, 0.25) is 0 Å². The molecule has 1 aromatic rings. The topological polar surface area (TPSA) is 58.6 Å². The molecular formula is C15H24N2O3S. The summed E-state index contributed by atoms with van der Waals surface area (Å²) in [6, 6.07) is 9.41. The van der Waals surface area contributed by atoms with Gasteiger partial charge in [-0.05, 0) is 37.8 Å². The number of benzene rings is 1. The molecule has 0 bridgehead atoms. The van der Waals surface area contributed by atoms with Crippen molar-refractivity contribution >= 4 is 10.2 Å². The second-order valence-electron chi connectivity index (χ2n) is 5.70. The monoisotopic (exact) mass is 312 g/mol. The van der Waals surface area contributed by atoms with Crippen LogP contribution in [0, 0.1) is 5.92 Å². The van der Waals surface area contributed by atoms with Crippen molar-refractivity contribution in [1.29, 1.82) is 0 Å². The van der Waals surface area contributed by atoms with E-state index >= 15 is 0 Å². The van der Waals surface area contributed by atoms with E-state index in [-0.39, 0.29) is 12.6 Å². The minimum absolute atomic E-state index is 0.218. The second-order valence-corrected chi connectivity index (χ2v) is 7.46. The zero-order valence-electron chi connectivity index (χ0n) is 12.7. The standard InChI is InChI=1S/C15H24N2O3S/c1-13-7-6-10-17(12-13)21(18,19)16-11-14(2)20-15-8-4-3-5-9-15/h3-5,8-9,13-14,16H,6-7,10-12H2,1-2H3. The highest BCUT2D eigenvalue weighted by molar-refractivity contribution is 7.87. The zero-order valence-corrected chi connectivity index (χ0v) is 13.5. The van der Waals surface area contributed by atoms with Crippen molar-refractivity contribution in [2.75, 3.05) is 19.6 Å². The van der Waals surface area contributed by atoms with Gasteiger partial charge >= 0.3 is 0 Å². The molecule has 0 saturated carbocycles. The maximum atomic E-state index is 12.2. The molecule has 0 amide bonds. The van der Waals surface area contributed by atoms with Crippen LogP contribution in [0.5, 0.6) is 5.75 Å². The van der Waals surface area contributed by atoms with Gasteiger partial charge in [0.15, 0.2) is 0 Å². The van der Waals surface area contributed by atoms with Gasteiger partial charge in [0, 0.05) is 19.6 Å². The van der Waals surface area contributed by atoms with Gasteiger partial charge in [-0.3, -0.25) is 0 Å². The third-order valence-corrected chi connectivity index (χ3v) is 5.14. The van der Waals surface area contributed by atoms with Gasteiger partial charge in [0.2, 0.25) is 0 Å². The van der Waals surface area contributed by atoms with Crippen molar-refractivity contribution in [3.05, 3.63) is 30.3 Å². The number of hydrogen-bond donors (Lipinski definition) is 1. The highest BCUT2D eigenvalue weighted by Gasteiger charge is 2.27. The summed E-state index contributed by atoms with van der Waals surface area (Å²) in [4.78, 5) is 0. The molecule has 2 atom stereocenters. The summed E-state index contributed by atoms with van der Waals surface area (Å²) in [7, 11) is -3.40. The molecule has 2 rings (SSSR count). The van der Waals surface area contributed by atoms with E-state index in [1.807, 2.05) is 37.3 Å². The van der Waals surface area contributed by atoms with E-state index in [0.717, 1.165) is 18.6 Å². The predicted molar refractivity (Wildman–Crippen MR) is 83.4 cm³/mol. The number of hydrogen-bond acceptors (Lipinski definition) is 3. The largest absolute Gasteiger partial charge is 0.489 e. The average Bonchev–Trinajstić information content (AvgIpc) is 2.46. The first-order valence-corrected chi connectivity index (χ1v) is 8.88. The van der Waals surface area contributed by atoms with E-state index in [1.54, 1.807) is 0 Å². The molecule has 1 saturated heterocycles. The molecule has 6 heteroatoms. The van der Waals surface area contributed by atoms with E-state index in [0.29, 0.717) is 19.0 Å². The van der Waals surface area contributed by atoms with Crippen LogP contribution in [0.3, 0.4) is 0 Å². The van der Waals surface area contributed by atoms with Crippen LogP contribution in [-0.4, -0.2) is 38.5 Å². The highest BCUT2D eigenvalue weighted by atomic mass is 32.2. The Labute approximate surface area is 127 Å². The van der Waals surface area contributed by atoms with Gasteiger partial charge in [-0.1, -0.05) is 25.1 Å². The minimum atomic E-state index is -3.40. The SMILES string of the molecule is CC1CCCN(S(=O)(=O)NCC(C)Oc2ccccc2)C1. The lowest BCUT2D eigenvalue weighted by Crippen LogP contribution is -2.47. The first kappa shape index (κ1) is 16.3. The Morgan fingerprint density at radius 1 is 1.38 bits per heavy atom. The third-order valence-electron chi connectivity index (χ3n) is 3.59. The molecule has 0 aliphatic carbocycles. The van der Waals surface area contributed by atoms with Crippen LogP contribution < -0.4 is 9.46 Å². The van der Waals surface area contributed by atoms with Crippen molar-refractivity contribution in [3.8, 4) is 5.75 Å². The van der Waals surface area contributed by atoms with Crippen molar-refractivity contribution in [2.45, 2.75) is 32.8 Å². The van der Waals surface area contributed by atoms with E-state index in [1.165, 1.54) is 4.31 Å². The molecule has 1 fully saturated rings. The van der Waals surface area contributed by atoms with Crippen molar-refractivity contribution < 1.29 is 13.2 Å². The summed E-state index contributed by atoms with van der Waals surface area (Å²) in [5, 5.41) is 0. The fraction of sp³-hybridized carbons (Fsp3) is 0.600. The molecular weight excluding hydrogens is 288 g/mol. The van der Waals surface area contributed by atoms with Crippen LogP contribution >= 0.6 is 0 Å². The third kappa shape index (κ3) is 4.98. The van der Waals surface area contributed by atoms with Gasteiger partial charge in [0.25, 0.3) is 10.2 Å². The van der Waals surface area contributed by atoms with E-state index in [2.05, 4.69) is 11.6 Å². The summed E-state index contributed by atoms with van der Waals surface area (Å²) in [5.74, 6) is 1.17. The summed E-state index contributed by atoms with van der Waals surface area (Å²) in [5.41, 5.74) is 0. The quantitative estimate of drug-likeness (QED) is 0.874. The highest BCUT2D eigenvalue weighted by Crippen LogP contribution is 2.17. The Hall–Kier alpha value is -1.11. The maximum Gasteiger partial charge on any atom is 0.279 e. The van der Waals surface area contributed by atoms with Gasteiger partial charge < -0.3 is 4.74 Å². The normalized spacial score (nSPS) is 21.9. The van der Waals surface area contributed by atoms with Crippen LogP contribution in [-0.2, 0) is 10.2 Å². The molecule has 1 N–H and O–H groups in total. The van der Waals surface area contributed by atoms with E-state index in [4.69, 9.17) is 4.74 Å². The number of nitrogens with one attached hydrogen (secondary N) is 1. The van der Waals surface area contributed by atoms with Gasteiger partial charge in [0.05, 0.1) is 0 Å². The smallest absolute Gasteiger partial charge is 0.279 e. The number of rotatable bonds is 6. The molecule has 1 aliphatic heterocycles. The zero-order chi connectivity index (χ0) is 15.3. The van der Waals surface area contributed by atoms with E-state index in [9.17, 15) is 8.42 Å². The van der Waals surface area contributed by atoms with Gasteiger partial charge in [0.1, 0.15) is 11.9 Å². The Morgan fingerprint density at radius 3 is 2.76 bits per heavy atom. The lowest BCUT2D eigenvalue weighted by Gasteiger charge is -2.30. The molecule has 2 unspecified atom stereocenters. The first-order valence-electron chi connectivity index (χ1n) is 7.44. The molecule has 118 valence electrons. The molecule has 0 radical (unpaired) electrons. The summed E-state index contributed by atoms with van der Waals surface area (Å²) >= 11 is 0. The van der Waals surface area contributed by atoms with Crippen molar-refractivity contribution in [1.82, 2.24) is 9.03 Å². The minimum Gasteiger partial charge on any atom is -0.489 e. The van der Waals surface area contributed by atoms with E-state index < -0.39 is 10.2 Å². The van der Waals surface area contributed by atoms with Crippen LogP contribution in [0.25, 0.3) is 0 Å². The molecule has 1 aliphatic rings. The van der Waals surface area contributed by atoms with Crippen LogP contribution in [0.1, 0.15) is 26.7 Å². The fourth-order valence-electron chi connectivity index (χ4n) is 2.45. The summed E-state index contributed by atoms with van der Waals surface area (Å²) in [6.07, 6.45) is 1.81. The lowest BCUT2D eigenvalue weighted by molar-refractivity contribution is 0.221. The average molecular weight is 312 g/mol. The molecule has 1 aromatic carbocycles. The van der Waals surface area contributed by atoms with Gasteiger partial charge in [-0.25, -0.2) is 0 Å². The Morgan fingerprint density at radius 2 is 2.10 bits per heavy atom. The molecule has 0 aromatic heterocycles. The van der Waals surface area contributed by atoms with Gasteiger partial charge in [-0.15, -0.1) is 0 Å². The Bertz CT molecular complexity index is 533. The second kappa shape index (κ2) is 7.24.